The molecule has 5 rings (SSSR count). The highest BCUT2D eigenvalue weighted by atomic mass is 35.5. The van der Waals surface area contributed by atoms with Gasteiger partial charge in [-0.05, 0) is 36.6 Å². The Morgan fingerprint density at radius 2 is 2.04 bits per heavy atom. The van der Waals surface area contributed by atoms with Crippen molar-refractivity contribution in [3.05, 3.63) is 46.5 Å². The molecule has 0 saturated carbocycles. The van der Waals surface area contributed by atoms with Gasteiger partial charge in [-0.25, -0.2) is 19.3 Å². The van der Waals surface area contributed by atoms with Crippen LogP contribution in [0, 0.1) is 11.7 Å². The van der Waals surface area contributed by atoms with Gasteiger partial charge in [0.1, 0.15) is 17.7 Å². The zero-order valence-electron chi connectivity index (χ0n) is 14.8. The van der Waals surface area contributed by atoms with Gasteiger partial charge in [-0.15, -0.1) is 0 Å². The van der Waals surface area contributed by atoms with Crippen molar-refractivity contribution in [2.45, 2.75) is 12.5 Å². The minimum absolute atomic E-state index is 0.129. The normalized spacial score (nSPS) is 21.3. The first-order chi connectivity index (χ1) is 13.6. The zero-order chi connectivity index (χ0) is 19.3. The summed E-state index contributed by atoms with van der Waals surface area (Å²) in [6, 6.07) is 7.43. The molecule has 1 aromatic carbocycles. The standard InChI is InChI=1S/C19H17Cl2FN6/c20-11-1-2-12(17(22)16(11)21)26-19-18-13(24-9-25-19)3-4-15(27-18)28-6-5-10-7-23-8-14(10)28/h1-4,9-10,14,23H,5-8H2,(H,24,25,26). The monoisotopic (exact) mass is 418 g/mol. The molecule has 2 unspecified atom stereocenters. The van der Waals surface area contributed by atoms with E-state index in [1.54, 1.807) is 0 Å². The molecule has 0 bridgehead atoms. The number of anilines is 3. The smallest absolute Gasteiger partial charge is 0.166 e. The molecular weight excluding hydrogens is 402 g/mol. The van der Waals surface area contributed by atoms with Gasteiger partial charge >= 0.3 is 0 Å². The molecule has 9 heteroatoms. The molecule has 2 N–H and O–H groups in total. The van der Waals surface area contributed by atoms with Crippen molar-refractivity contribution in [1.29, 1.82) is 0 Å². The number of halogens is 3. The van der Waals surface area contributed by atoms with Crippen LogP contribution in [0.1, 0.15) is 6.42 Å². The summed E-state index contributed by atoms with van der Waals surface area (Å²) in [7, 11) is 0. The Kier molecular flexibility index (Phi) is 4.45. The number of hydrogen-bond acceptors (Lipinski definition) is 6. The third-order valence-corrected chi connectivity index (χ3v) is 6.28. The van der Waals surface area contributed by atoms with Crippen LogP contribution in [0.2, 0.25) is 10.0 Å². The highest BCUT2D eigenvalue weighted by Crippen LogP contribution is 2.34. The first-order valence-corrected chi connectivity index (χ1v) is 9.87. The van der Waals surface area contributed by atoms with Gasteiger partial charge in [0.05, 0.1) is 21.2 Å². The van der Waals surface area contributed by atoms with E-state index >= 15 is 0 Å². The second kappa shape index (κ2) is 6.99. The summed E-state index contributed by atoms with van der Waals surface area (Å²) in [6.45, 7) is 3.00. The van der Waals surface area contributed by atoms with Crippen molar-refractivity contribution in [3.8, 4) is 0 Å². The van der Waals surface area contributed by atoms with Crippen molar-refractivity contribution < 1.29 is 4.39 Å². The predicted octanol–water partition coefficient (Wildman–Crippen LogP) is 4.01. The zero-order valence-corrected chi connectivity index (χ0v) is 16.3. The Hall–Kier alpha value is -2.22. The topological polar surface area (TPSA) is 66.0 Å². The van der Waals surface area contributed by atoms with E-state index in [2.05, 4.69) is 25.5 Å². The lowest BCUT2D eigenvalue weighted by atomic mass is 10.1. The second-order valence-corrected chi connectivity index (χ2v) is 7.86. The van der Waals surface area contributed by atoms with Gasteiger partial charge in [-0.3, -0.25) is 0 Å². The van der Waals surface area contributed by atoms with Crippen LogP contribution in [0.3, 0.4) is 0 Å². The van der Waals surface area contributed by atoms with Crippen LogP contribution in [0.4, 0.5) is 21.7 Å². The van der Waals surface area contributed by atoms with E-state index in [9.17, 15) is 4.39 Å². The van der Waals surface area contributed by atoms with Crippen LogP contribution >= 0.6 is 23.2 Å². The number of nitrogens with one attached hydrogen (secondary N) is 2. The molecule has 2 fully saturated rings. The van der Waals surface area contributed by atoms with E-state index in [4.69, 9.17) is 28.2 Å². The third kappa shape index (κ3) is 2.94. The average Bonchev–Trinajstić information content (AvgIpc) is 3.32. The minimum atomic E-state index is -0.628. The van der Waals surface area contributed by atoms with Crippen molar-refractivity contribution in [1.82, 2.24) is 20.3 Å². The van der Waals surface area contributed by atoms with E-state index < -0.39 is 5.82 Å². The van der Waals surface area contributed by atoms with Crippen LogP contribution < -0.4 is 15.5 Å². The predicted molar refractivity (Wildman–Crippen MR) is 109 cm³/mol. The van der Waals surface area contributed by atoms with Crippen molar-refractivity contribution >= 4 is 51.6 Å². The number of hydrogen-bond donors (Lipinski definition) is 2. The maximum atomic E-state index is 14.5. The molecule has 3 aromatic rings. The molecule has 2 aromatic heterocycles. The third-order valence-electron chi connectivity index (χ3n) is 5.50. The maximum absolute atomic E-state index is 14.5. The van der Waals surface area contributed by atoms with E-state index in [-0.39, 0.29) is 15.7 Å². The average molecular weight is 419 g/mol. The molecule has 0 radical (unpaired) electrons. The summed E-state index contributed by atoms with van der Waals surface area (Å²) < 4.78 is 14.5. The molecule has 2 saturated heterocycles. The van der Waals surface area contributed by atoms with Gasteiger partial charge in [0.2, 0.25) is 0 Å². The number of fused-ring (bicyclic) bond motifs is 2. The van der Waals surface area contributed by atoms with E-state index in [1.165, 1.54) is 18.5 Å². The lowest BCUT2D eigenvalue weighted by Crippen LogP contribution is -2.34. The SMILES string of the molecule is Fc1c(Nc2ncnc3ccc(N4CCC5CNCC54)nc23)ccc(Cl)c1Cl. The summed E-state index contributed by atoms with van der Waals surface area (Å²) in [4.78, 5) is 15.7. The molecule has 6 nitrogen and oxygen atoms in total. The molecule has 2 atom stereocenters. The lowest BCUT2D eigenvalue weighted by molar-refractivity contribution is 0.577. The van der Waals surface area contributed by atoms with Gasteiger partial charge in [-0.2, -0.15) is 0 Å². The lowest BCUT2D eigenvalue weighted by Gasteiger charge is -2.24. The fourth-order valence-electron chi connectivity index (χ4n) is 4.06. The van der Waals surface area contributed by atoms with Crippen LogP contribution in [-0.2, 0) is 0 Å². The summed E-state index contributed by atoms with van der Waals surface area (Å²) in [5.74, 6) is 1.34. The fourth-order valence-corrected chi connectivity index (χ4v) is 4.38. The van der Waals surface area contributed by atoms with Crippen molar-refractivity contribution in [2.24, 2.45) is 5.92 Å². The van der Waals surface area contributed by atoms with E-state index in [1.807, 2.05) is 12.1 Å². The first-order valence-electron chi connectivity index (χ1n) is 9.11. The highest BCUT2D eigenvalue weighted by molar-refractivity contribution is 6.42. The van der Waals surface area contributed by atoms with Gasteiger partial charge in [0.15, 0.2) is 11.6 Å². The number of aromatic nitrogens is 3. The van der Waals surface area contributed by atoms with Crippen molar-refractivity contribution in [3.63, 3.8) is 0 Å². The maximum Gasteiger partial charge on any atom is 0.166 e. The second-order valence-electron chi connectivity index (χ2n) is 7.08. The molecular formula is C19H17Cl2FN6. The minimum Gasteiger partial charge on any atom is -0.352 e. The molecule has 144 valence electrons. The summed E-state index contributed by atoms with van der Waals surface area (Å²) in [5, 5.41) is 6.46. The molecule has 0 aliphatic carbocycles. The summed E-state index contributed by atoms with van der Waals surface area (Å²) in [5.41, 5.74) is 1.45. The quantitative estimate of drug-likeness (QED) is 0.626. The molecule has 0 amide bonds. The molecule has 4 heterocycles. The van der Waals surface area contributed by atoms with E-state index in [0.717, 1.165) is 31.9 Å². The molecule has 2 aliphatic heterocycles. The number of rotatable bonds is 3. The number of pyridine rings is 1. The summed E-state index contributed by atoms with van der Waals surface area (Å²) >= 11 is 11.8. The van der Waals surface area contributed by atoms with Gasteiger partial charge in [0.25, 0.3) is 0 Å². The van der Waals surface area contributed by atoms with Crippen LogP contribution in [0.15, 0.2) is 30.6 Å². The van der Waals surface area contributed by atoms with E-state index in [0.29, 0.717) is 28.8 Å². The van der Waals surface area contributed by atoms with Gasteiger partial charge < -0.3 is 15.5 Å². The number of benzene rings is 1. The molecule has 2 aliphatic rings. The Labute approximate surface area is 171 Å². The first kappa shape index (κ1) is 17.8. The molecule has 0 spiro atoms. The van der Waals surface area contributed by atoms with Gasteiger partial charge in [0, 0.05) is 25.7 Å². The Bertz CT molecular complexity index is 1060. The van der Waals surface area contributed by atoms with Crippen LogP contribution in [0.25, 0.3) is 11.0 Å². The Morgan fingerprint density at radius 3 is 2.93 bits per heavy atom. The highest BCUT2D eigenvalue weighted by Gasteiger charge is 2.38. The molecule has 28 heavy (non-hydrogen) atoms. The largest absolute Gasteiger partial charge is 0.352 e. The number of nitrogens with zero attached hydrogens (tertiary/aromatic N) is 4. The van der Waals surface area contributed by atoms with Gasteiger partial charge in [-0.1, -0.05) is 23.2 Å². The van der Waals surface area contributed by atoms with Crippen LogP contribution in [-0.4, -0.2) is 40.6 Å². The Balaban J connectivity index is 1.54. The van der Waals surface area contributed by atoms with Crippen LogP contribution in [0.5, 0.6) is 0 Å². The fraction of sp³-hybridized carbons (Fsp3) is 0.316. The van der Waals surface area contributed by atoms with Crippen molar-refractivity contribution in [2.75, 3.05) is 29.9 Å². The summed E-state index contributed by atoms with van der Waals surface area (Å²) in [6.07, 6.45) is 2.58. The Morgan fingerprint density at radius 1 is 1.14 bits per heavy atom.